The fraction of sp³-hybridized carbons (Fsp3) is 0.429. The molecule has 6 heteroatoms. The first-order valence-corrected chi connectivity index (χ1v) is 4.33. The van der Waals surface area contributed by atoms with Crippen molar-refractivity contribution in [1.29, 1.82) is 0 Å². The molecule has 0 amide bonds. The summed E-state index contributed by atoms with van der Waals surface area (Å²) in [6.07, 6.45) is -2.91. The minimum atomic E-state index is -4.47. The Morgan fingerprint density at radius 3 is 2.54 bits per heavy atom. The molecule has 0 saturated heterocycles. The molecule has 0 aromatic carbocycles. The second kappa shape index (κ2) is 3.61. The lowest BCUT2D eigenvalue weighted by molar-refractivity contribution is -0.145. The molecule has 2 nitrogen and oxygen atoms in total. The molecule has 0 aliphatic carbocycles. The summed E-state index contributed by atoms with van der Waals surface area (Å²) in [6, 6.07) is 0. The van der Waals surface area contributed by atoms with Gasteiger partial charge in [0.05, 0.1) is 10.2 Å². The van der Waals surface area contributed by atoms with Gasteiger partial charge >= 0.3 is 6.18 Å². The van der Waals surface area contributed by atoms with Crippen LogP contribution in [0.5, 0.6) is 0 Å². The van der Waals surface area contributed by atoms with Crippen LogP contribution in [0.4, 0.5) is 13.2 Å². The highest BCUT2D eigenvalue weighted by atomic mass is 79.9. The lowest BCUT2D eigenvalue weighted by Crippen LogP contribution is -2.12. The third-order valence-corrected chi connectivity index (χ3v) is 2.07. The average molecular weight is 255 g/mol. The van der Waals surface area contributed by atoms with Crippen LogP contribution in [0.25, 0.3) is 0 Å². The van der Waals surface area contributed by atoms with Crippen LogP contribution in [0, 0.1) is 0 Å². The maximum absolute atomic E-state index is 12.1. The van der Waals surface area contributed by atoms with E-state index in [1.807, 2.05) is 0 Å². The summed E-state index contributed by atoms with van der Waals surface area (Å²) in [6.45, 7) is 1.73. The molecule has 1 heterocycles. The molecule has 0 aliphatic rings. The normalized spacial score (nSPS) is 11.8. The number of aromatic nitrogens is 2. The van der Waals surface area contributed by atoms with Crippen molar-refractivity contribution >= 4 is 15.9 Å². The summed E-state index contributed by atoms with van der Waals surface area (Å²) < 4.78 is 36.8. The van der Waals surface area contributed by atoms with Gasteiger partial charge in [-0.1, -0.05) is 6.92 Å². The maximum Gasteiger partial charge on any atom is 0.451 e. The number of hydrogen-bond acceptors (Lipinski definition) is 2. The molecule has 0 radical (unpaired) electrons. The Bertz CT molecular complexity index is 311. The maximum atomic E-state index is 12.1. The average Bonchev–Trinajstić information content (AvgIpc) is 2.03. The van der Waals surface area contributed by atoms with Gasteiger partial charge in [0.15, 0.2) is 0 Å². The monoisotopic (exact) mass is 254 g/mol. The number of alkyl halides is 3. The molecule has 1 aromatic heterocycles. The molecular formula is C7H6BrF3N2. The van der Waals surface area contributed by atoms with E-state index in [0.717, 1.165) is 6.20 Å². The Morgan fingerprint density at radius 2 is 2.08 bits per heavy atom. The standard InChI is InChI=1S/C7H6BrF3N2/c1-2-5-4(8)3-12-6(13-5)7(9,10)11/h3H,2H2,1H3. The molecule has 1 rings (SSSR count). The van der Waals surface area contributed by atoms with Gasteiger partial charge in [0.1, 0.15) is 0 Å². The molecule has 0 saturated carbocycles. The Balaban J connectivity index is 3.14. The van der Waals surface area contributed by atoms with Crippen molar-refractivity contribution in [3.8, 4) is 0 Å². The smallest absolute Gasteiger partial charge is 0.232 e. The van der Waals surface area contributed by atoms with E-state index in [2.05, 4.69) is 25.9 Å². The summed E-state index contributed by atoms with van der Waals surface area (Å²) in [4.78, 5) is 6.55. The molecule has 0 unspecified atom stereocenters. The van der Waals surface area contributed by atoms with E-state index in [-0.39, 0.29) is 0 Å². The van der Waals surface area contributed by atoms with E-state index in [0.29, 0.717) is 16.6 Å². The quantitative estimate of drug-likeness (QED) is 0.771. The largest absolute Gasteiger partial charge is 0.451 e. The zero-order valence-corrected chi connectivity index (χ0v) is 8.28. The molecule has 0 fully saturated rings. The number of nitrogens with zero attached hydrogens (tertiary/aromatic N) is 2. The molecule has 0 N–H and O–H groups in total. The van der Waals surface area contributed by atoms with Crippen LogP contribution in [0.15, 0.2) is 10.7 Å². The minimum Gasteiger partial charge on any atom is -0.232 e. The van der Waals surface area contributed by atoms with E-state index < -0.39 is 12.0 Å². The Morgan fingerprint density at radius 1 is 1.46 bits per heavy atom. The van der Waals surface area contributed by atoms with Crippen molar-refractivity contribution in [2.45, 2.75) is 19.5 Å². The summed E-state index contributed by atoms with van der Waals surface area (Å²) >= 11 is 3.06. The van der Waals surface area contributed by atoms with Crippen LogP contribution < -0.4 is 0 Å². The number of rotatable bonds is 1. The molecule has 72 valence electrons. The number of hydrogen-bond donors (Lipinski definition) is 0. The van der Waals surface area contributed by atoms with Crippen molar-refractivity contribution in [1.82, 2.24) is 9.97 Å². The van der Waals surface area contributed by atoms with Crippen LogP contribution in [0.3, 0.4) is 0 Å². The second-order valence-electron chi connectivity index (χ2n) is 2.34. The lowest BCUT2D eigenvalue weighted by Gasteiger charge is -2.06. The molecule has 0 atom stereocenters. The molecule has 13 heavy (non-hydrogen) atoms. The first-order chi connectivity index (χ1) is 5.95. The topological polar surface area (TPSA) is 25.8 Å². The fourth-order valence-corrected chi connectivity index (χ4v) is 1.26. The molecule has 1 aromatic rings. The molecular weight excluding hydrogens is 249 g/mol. The van der Waals surface area contributed by atoms with E-state index >= 15 is 0 Å². The highest BCUT2D eigenvalue weighted by Gasteiger charge is 2.34. The molecule has 0 spiro atoms. The molecule has 0 aliphatic heterocycles. The Hall–Kier alpha value is -0.650. The summed E-state index contributed by atoms with van der Waals surface area (Å²) in [5.74, 6) is -1.09. The van der Waals surface area contributed by atoms with E-state index in [1.54, 1.807) is 6.92 Å². The van der Waals surface area contributed by atoms with Gasteiger partial charge in [0, 0.05) is 6.20 Å². The fourth-order valence-electron chi connectivity index (χ4n) is 0.787. The van der Waals surface area contributed by atoms with Gasteiger partial charge in [-0.15, -0.1) is 0 Å². The van der Waals surface area contributed by atoms with Gasteiger partial charge in [0.2, 0.25) is 5.82 Å². The zero-order chi connectivity index (χ0) is 10.1. The predicted octanol–water partition coefficient (Wildman–Crippen LogP) is 2.82. The highest BCUT2D eigenvalue weighted by Crippen LogP contribution is 2.27. The summed E-state index contributed by atoms with van der Waals surface area (Å²) in [5, 5.41) is 0. The van der Waals surface area contributed by atoms with Gasteiger partial charge in [-0.05, 0) is 22.4 Å². The van der Waals surface area contributed by atoms with Crippen LogP contribution in [-0.4, -0.2) is 9.97 Å². The van der Waals surface area contributed by atoms with E-state index in [1.165, 1.54) is 0 Å². The van der Waals surface area contributed by atoms with Crippen LogP contribution >= 0.6 is 15.9 Å². The van der Waals surface area contributed by atoms with Gasteiger partial charge in [-0.25, -0.2) is 9.97 Å². The van der Waals surface area contributed by atoms with Gasteiger partial charge in [-0.2, -0.15) is 13.2 Å². The SMILES string of the molecule is CCc1nc(C(F)(F)F)ncc1Br. The minimum absolute atomic E-state index is 0.363. The number of halogens is 4. The van der Waals surface area contributed by atoms with Crippen molar-refractivity contribution < 1.29 is 13.2 Å². The third-order valence-electron chi connectivity index (χ3n) is 1.41. The van der Waals surface area contributed by atoms with Gasteiger partial charge in [0.25, 0.3) is 0 Å². The highest BCUT2D eigenvalue weighted by molar-refractivity contribution is 9.10. The van der Waals surface area contributed by atoms with Crippen molar-refractivity contribution in [3.63, 3.8) is 0 Å². The summed E-state index contributed by atoms with van der Waals surface area (Å²) in [5.41, 5.74) is 0.363. The van der Waals surface area contributed by atoms with Gasteiger partial charge < -0.3 is 0 Å². The predicted molar refractivity (Wildman–Crippen MR) is 44.1 cm³/mol. The lowest BCUT2D eigenvalue weighted by atomic mass is 10.3. The number of aryl methyl sites for hydroxylation is 1. The molecule has 0 bridgehead atoms. The first-order valence-electron chi connectivity index (χ1n) is 3.53. The van der Waals surface area contributed by atoms with Gasteiger partial charge in [-0.3, -0.25) is 0 Å². The third kappa shape index (κ3) is 2.40. The van der Waals surface area contributed by atoms with Crippen LogP contribution in [0.1, 0.15) is 18.4 Å². The van der Waals surface area contributed by atoms with E-state index in [4.69, 9.17) is 0 Å². The van der Waals surface area contributed by atoms with Crippen molar-refractivity contribution in [2.24, 2.45) is 0 Å². The zero-order valence-electron chi connectivity index (χ0n) is 6.69. The van der Waals surface area contributed by atoms with Crippen molar-refractivity contribution in [3.05, 3.63) is 22.2 Å². The van der Waals surface area contributed by atoms with Crippen molar-refractivity contribution in [2.75, 3.05) is 0 Å². The first kappa shape index (κ1) is 10.4. The van der Waals surface area contributed by atoms with E-state index in [9.17, 15) is 13.2 Å². The Kier molecular flexibility index (Phi) is 2.90. The summed E-state index contributed by atoms with van der Waals surface area (Å²) in [7, 11) is 0. The van der Waals surface area contributed by atoms with Crippen LogP contribution in [-0.2, 0) is 12.6 Å². The second-order valence-corrected chi connectivity index (χ2v) is 3.19. The van der Waals surface area contributed by atoms with Crippen LogP contribution in [0.2, 0.25) is 0 Å². The Labute approximate surface area is 81.3 Å².